The summed E-state index contributed by atoms with van der Waals surface area (Å²) in [5, 5.41) is 19.2. The van der Waals surface area contributed by atoms with Crippen molar-refractivity contribution in [2.24, 2.45) is 17.3 Å². The fourth-order valence-electron chi connectivity index (χ4n) is 5.79. The van der Waals surface area contributed by atoms with Crippen LogP contribution in [0.5, 0.6) is 0 Å². The summed E-state index contributed by atoms with van der Waals surface area (Å²) in [6.45, 7) is 2.02. The van der Waals surface area contributed by atoms with Gasteiger partial charge in [0.25, 0.3) is 0 Å². The number of amides is 1. The number of aliphatic hydroxyl groups is 1. The number of anilines is 1. The Labute approximate surface area is 186 Å². The van der Waals surface area contributed by atoms with Gasteiger partial charge in [0.2, 0.25) is 5.91 Å². The molecule has 1 aliphatic carbocycles. The molecular formula is C24H30F3N3O2. The summed E-state index contributed by atoms with van der Waals surface area (Å²) in [6.07, 6.45) is 2.38. The van der Waals surface area contributed by atoms with Crippen LogP contribution in [0.4, 0.5) is 18.9 Å². The van der Waals surface area contributed by atoms with Gasteiger partial charge in [-0.05, 0) is 43.4 Å². The van der Waals surface area contributed by atoms with E-state index in [1.54, 1.807) is 12.1 Å². The highest BCUT2D eigenvalue weighted by Gasteiger charge is 2.50. The Bertz CT molecular complexity index is 891. The summed E-state index contributed by atoms with van der Waals surface area (Å²) in [4.78, 5) is 16.7. The van der Waals surface area contributed by atoms with E-state index >= 15 is 0 Å². The lowest BCUT2D eigenvalue weighted by Gasteiger charge is -2.43. The zero-order valence-electron chi connectivity index (χ0n) is 18.2. The van der Waals surface area contributed by atoms with Gasteiger partial charge < -0.3 is 14.9 Å². The van der Waals surface area contributed by atoms with E-state index in [2.05, 4.69) is 0 Å². The molecule has 2 aliphatic heterocycles. The van der Waals surface area contributed by atoms with Crippen molar-refractivity contribution in [2.45, 2.75) is 51.1 Å². The summed E-state index contributed by atoms with van der Waals surface area (Å²) in [6, 6.07) is 5.45. The molecule has 174 valence electrons. The molecule has 2 saturated heterocycles. The quantitative estimate of drug-likeness (QED) is 0.748. The Hall–Kier alpha value is -2.27. The van der Waals surface area contributed by atoms with Crippen LogP contribution in [0.25, 0.3) is 0 Å². The van der Waals surface area contributed by atoms with Gasteiger partial charge in [0.05, 0.1) is 23.8 Å². The van der Waals surface area contributed by atoms with Gasteiger partial charge in [0.15, 0.2) is 0 Å². The number of likely N-dealkylation sites (tertiary alicyclic amines) is 1. The Balaban J connectivity index is 1.48. The number of carbonyl (C=O) groups is 1. The first-order chi connectivity index (χ1) is 15.3. The zero-order valence-corrected chi connectivity index (χ0v) is 18.2. The molecule has 0 unspecified atom stereocenters. The van der Waals surface area contributed by atoms with Crippen LogP contribution in [-0.2, 0) is 11.0 Å². The predicted molar refractivity (Wildman–Crippen MR) is 114 cm³/mol. The van der Waals surface area contributed by atoms with E-state index in [1.807, 2.05) is 9.80 Å². The Morgan fingerprint density at radius 2 is 1.97 bits per heavy atom. The Morgan fingerprint density at radius 1 is 1.22 bits per heavy atom. The van der Waals surface area contributed by atoms with Crippen LogP contribution in [0.15, 0.2) is 18.2 Å². The van der Waals surface area contributed by atoms with Gasteiger partial charge in [-0.15, -0.1) is 0 Å². The number of alkyl halides is 3. The molecule has 1 aromatic rings. The number of halogens is 3. The van der Waals surface area contributed by atoms with Gasteiger partial charge in [-0.25, -0.2) is 0 Å². The van der Waals surface area contributed by atoms with Crippen LogP contribution in [0.2, 0.25) is 0 Å². The number of rotatable bonds is 4. The lowest BCUT2D eigenvalue weighted by molar-refractivity contribution is -0.137. The number of fused-ring (bicyclic) bond motifs is 1. The second-order valence-corrected chi connectivity index (χ2v) is 9.74. The van der Waals surface area contributed by atoms with Gasteiger partial charge in [0, 0.05) is 49.6 Å². The number of benzene rings is 1. The number of hydrogen-bond acceptors (Lipinski definition) is 4. The molecule has 2 atom stereocenters. The first-order valence-corrected chi connectivity index (χ1v) is 11.5. The van der Waals surface area contributed by atoms with E-state index in [9.17, 15) is 23.1 Å². The molecule has 1 saturated carbocycles. The molecule has 0 bridgehead atoms. The summed E-state index contributed by atoms with van der Waals surface area (Å²) >= 11 is 0. The second kappa shape index (κ2) is 8.93. The summed E-state index contributed by atoms with van der Waals surface area (Å²) in [5.41, 5.74) is -1.27. The number of hydrogen-bond donors (Lipinski definition) is 1. The predicted octanol–water partition coefficient (Wildman–Crippen LogP) is 4.19. The SMILES string of the molecule is N#Cc1ccc(N2CC[C@@]3(CO)CN(C(=O)CC4CCCCC4)C[C@H]3C2)cc1C(F)(F)F. The molecule has 0 spiro atoms. The smallest absolute Gasteiger partial charge is 0.396 e. The van der Waals surface area contributed by atoms with E-state index in [0.29, 0.717) is 50.6 Å². The molecule has 8 heteroatoms. The summed E-state index contributed by atoms with van der Waals surface area (Å²) < 4.78 is 40.2. The van der Waals surface area contributed by atoms with Crippen molar-refractivity contribution in [3.05, 3.63) is 29.3 Å². The average molecular weight is 450 g/mol. The maximum atomic E-state index is 13.4. The van der Waals surface area contributed by atoms with E-state index < -0.39 is 17.2 Å². The van der Waals surface area contributed by atoms with Crippen molar-refractivity contribution >= 4 is 11.6 Å². The fourth-order valence-corrected chi connectivity index (χ4v) is 5.79. The third-order valence-electron chi connectivity index (χ3n) is 7.78. The number of nitriles is 1. The normalized spacial score (nSPS) is 26.7. The standard InChI is InChI=1S/C24H30F3N3O2/c25-24(26,27)21-11-20(7-6-18(21)12-28)29-9-8-23(16-31)15-30(14-19(23)13-29)22(32)10-17-4-2-1-3-5-17/h6-7,11,17,19,31H,1-5,8-10,13-16H2/t19-,23+/m1/s1. The highest BCUT2D eigenvalue weighted by molar-refractivity contribution is 5.77. The van der Waals surface area contributed by atoms with Gasteiger partial charge in [-0.2, -0.15) is 18.4 Å². The lowest BCUT2D eigenvalue weighted by atomic mass is 9.73. The van der Waals surface area contributed by atoms with Gasteiger partial charge in [-0.1, -0.05) is 19.3 Å². The van der Waals surface area contributed by atoms with E-state index in [0.717, 1.165) is 18.9 Å². The van der Waals surface area contributed by atoms with Crippen molar-refractivity contribution < 1.29 is 23.1 Å². The zero-order chi connectivity index (χ0) is 22.9. The molecule has 1 aromatic carbocycles. The highest BCUT2D eigenvalue weighted by Crippen LogP contribution is 2.45. The van der Waals surface area contributed by atoms with Crippen molar-refractivity contribution in [3.63, 3.8) is 0 Å². The first kappa shape index (κ1) is 22.9. The minimum absolute atomic E-state index is 0.00142. The van der Waals surface area contributed by atoms with Crippen molar-refractivity contribution in [1.82, 2.24) is 4.90 Å². The molecule has 0 radical (unpaired) electrons. The van der Waals surface area contributed by atoms with Crippen LogP contribution >= 0.6 is 0 Å². The molecule has 3 fully saturated rings. The van der Waals surface area contributed by atoms with Crippen LogP contribution < -0.4 is 4.90 Å². The van der Waals surface area contributed by atoms with Crippen molar-refractivity contribution in [3.8, 4) is 6.07 Å². The summed E-state index contributed by atoms with van der Waals surface area (Å²) in [7, 11) is 0. The van der Waals surface area contributed by atoms with Crippen molar-refractivity contribution in [2.75, 3.05) is 37.7 Å². The van der Waals surface area contributed by atoms with Gasteiger partial charge in [0.1, 0.15) is 0 Å². The fraction of sp³-hybridized carbons (Fsp3) is 0.667. The molecular weight excluding hydrogens is 419 g/mol. The van der Waals surface area contributed by atoms with Crippen LogP contribution in [0.3, 0.4) is 0 Å². The topological polar surface area (TPSA) is 67.6 Å². The number of piperidine rings is 1. The minimum atomic E-state index is -4.60. The first-order valence-electron chi connectivity index (χ1n) is 11.5. The maximum Gasteiger partial charge on any atom is 0.417 e. The van der Waals surface area contributed by atoms with E-state index in [1.165, 1.54) is 25.3 Å². The monoisotopic (exact) mass is 449 g/mol. The maximum absolute atomic E-state index is 13.4. The molecule has 3 aliphatic rings. The molecule has 32 heavy (non-hydrogen) atoms. The largest absolute Gasteiger partial charge is 0.417 e. The second-order valence-electron chi connectivity index (χ2n) is 9.74. The number of carbonyl (C=O) groups excluding carboxylic acids is 1. The molecule has 2 heterocycles. The lowest BCUT2D eigenvalue weighted by Crippen LogP contribution is -2.49. The van der Waals surface area contributed by atoms with E-state index in [4.69, 9.17) is 5.26 Å². The van der Waals surface area contributed by atoms with Crippen LogP contribution in [-0.4, -0.2) is 48.7 Å². The molecule has 1 N–H and O–H groups in total. The third kappa shape index (κ3) is 4.45. The molecule has 5 nitrogen and oxygen atoms in total. The van der Waals surface area contributed by atoms with Gasteiger partial charge in [-0.3, -0.25) is 4.79 Å². The van der Waals surface area contributed by atoms with E-state index in [-0.39, 0.29) is 24.0 Å². The molecule has 0 aromatic heterocycles. The summed E-state index contributed by atoms with van der Waals surface area (Å²) in [5.74, 6) is 0.588. The van der Waals surface area contributed by atoms with Crippen LogP contribution in [0, 0.1) is 28.6 Å². The third-order valence-corrected chi connectivity index (χ3v) is 7.78. The number of nitrogens with zero attached hydrogens (tertiary/aromatic N) is 3. The van der Waals surface area contributed by atoms with Gasteiger partial charge >= 0.3 is 6.18 Å². The Morgan fingerprint density at radius 3 is 2.62 bits per heavy atom. The molecule has 4 rings (SSSR count). The highest BCUT2D eigenvalue weighted by atomic mass is 19.4. The minimum Gasteiger partial charge on any atom is -0.396 e. The Kier molecular flexibility index (Phi) is 6.39. The number of aliphatic hydroxyl groups excluding tert-OH is 1. The van der Waals surface area contributed by atoms with Crippen molar-refractivity contribution in [1.29, 1.82) is 5.26 Å². The van der Waals surface area contributed by atoms with Crippen LogP contribution in [0.1, 0.15) is 56.1 Å². The molecule has 1 amide bonds. The average Bonchev–Trinajstić information content (AvgIpc) is 3.18.